The Morgan fingerprint density at radius 3 is 2.30 bits per heavy atom. The average molecular weight is 689 g/mol. The van der Waals surface area contributed by atoms with Crippen LogP contribution in [0.2, 0.25) is 18.1 Å². The van der Waals surface area contributed by atoms with E-state index in [0.717, 1.165) is 44.9 Å². The summed E-state index contributed by atoms with van der Waals surface area (Å²) in [5.41, 5.74) is 1.20. The van der Waals surface area contributed by atoms with E-state index in [1.54, 1.807) is 0 Å². The van der Waals surface area contributed by atoms with Crippen LogP contribution in [0.25, 0.3) is 0 Å². The van der Waals surface area contributed by atoms with Crippen LogP contribution in [-0.4, -0.2) is 60.6 Å². The summed E-state index contributed by atoms with van der Waals surface area (Å²) in [5, 5.41) is 11.6. The fraction of sp³-hybridized carbons (Fsp3) is 0.818. The van der Waals surface area contributed by atoms with Crippen molar-refractivity contribution in [1.29, 1.82) is 0 Å². The number of rotatable bonds is 15. The lowest BCUT2D eigenvalue weighted by Crippen LogP contribution is -2.44. The molecule has 0 aliphatic carbocycles. The minimum Gasteiger partial charge on any atom is -0.414 e. The van der Waals surface area contributed by atoms with Gasteiger partial charge in [-0.3, -0.25) is 0 Å². The van der Waals surface area contributed by atoms with Crippen LogP contribution in [0.15, 0.2) is 30.3 Å². The Hall–Kier alpha value is -0.0331. The van der Waals surface area contributed by atoms with Crippen molar-refractivity contribution in [2.24, 2.45) is 11.8 Å². The van der Waals surface area contributed by atoms with Crippen LogP contribution in [-0.2, 0) is 25.2 Å². The highest BCUT2D eigenvalue weighted by atomic mass is 127. The Balaban J connectivity index is 1.44. The van der Waals surface area contributed by atoms with Crippen LogP contribution in [0.3, 0.4) is 0 Å². The highest BCUT2D eigenvalue weighted by Crippen LogP contribution is 2.40. The molecule has 9 atom stereocenters. The molecule has 1 aromatic rings. The Labute approximate surface area is 259 Å². The molecule has 0 amide bonds. The number of halogens is 1. The Morgan fingerprint density at radius 2 is 1.65 bits per heavy atom. The van der Waals surface area contributed by atoms with Crippen LogP contribution < -0.4 is 0 Å². The fourth-order valence-corrected chi connectivity index (χ4v) is 8.43. The molecule has 2 fully saturated rings. The summed E-state index contributed by atoms with van der Waals surface area (Å²) >= 11 is 2.42. The van der Waals surface area contributed by atoms with E-state index < -0.39 is 14.4 Å². The van der Waals surface area contributed by atoms with Crippen molar-refractivity contribution in [2.45, 2.75) is 152 Å². The summed E-state index contributed by atoms with van der Waals surface area (Å²) in [5.74, 6) is 0.405. The first kappa shape index (κ1) is 34.5. The van der Waals surface area contributed by atoms with Gasteiger partial charge in [-0.25, -0.2) is 0 Å². The van der Waals surface area contributed by atoms with Crippen molar-refractivity contribution in [3.63, 3.8) is 0 Å². The van der Waals surface area contributed by atoms with Gasteiger partial charge >= 0.3 is 0 Å². The van der Waals surface area contributed by atoms with Crippen LogP contribution >= 0.6 is 22.6 Å². The monoisotopic (exact) mass is 688 g/mol. The van der Waals surface area contributed by atoms with E-state index in [2.05, 4.69) is 89.4 Å². The van der Waals surface area contributed by atoms with Gasteiger partial charge in [0.1, 0.15) is 0 Å². The van der Waals surface area contributed by atoms with Crippen LogP contribution in [0.4, 0.5) is 0 Å². The highest BCUT2D eigenvalue weighted by molar-refractivity contribution is 14.1. The highest BCUT2D eigenvalue weighted by Gasteiger charge is 2.43. The third-order valence-electron chi connectivity index (χ3n) is 9.56. The van der Waals surface area contributed by atoms with Gasteiger partial charge in [0, 0.05) is 17.9 Å². The molecule has 2 aliphatic rings. The lowest BCUT2D eigenvalue weighted by Gasteiger charge is -2.40. The first-order valence-electron chi connectivity index (χ1n) is 15.7. The van der Waals surface area contributed by atoms with Crippen molar-refractivity contribution in [1.82, 2.24) is 0 Å². The second-order valence-electron chi connectivity index (χ2n) is 14.0. The molecule has 0 aromatic heterocycles. The van der Waals surface area contributed by atoms with E-state index in [1.807, 2.05) is 18.2 Å². The van der Waals surface area contributed by atoms with Gasteiger partial charge in [-0.1, -0.05) is 101 Å². The maximum atomic E-state index is 11.4. The third-order valence-corrected chi connectivity index (χ3v) is 15.6. The molecule has 7 heteroatoms. The largest absolute Gasteiger partial charge is 0.414 e. The normalized spacial score (nSPS) is 27.9. The molecule has 0 radical (unpaired) electrons. The standard InChI is InChI=1S/C33H57IO5Si/c1-9-13-27(39-40(7,8)33(4,5)6)20-26-16-17-29(37-26)24(3)32(35)31(34)30-19-18-28(38-30)23(2)21-36-22-25-14-11-10-12-15-25/h10-12,14-15,23-24,26-32,35H,9,13,16-22H2,1-8H3/t23-,24+,26-,27-,28+,29+,30-,31+,32-/m0/s1. The summed E-state index contributed by atoms with van der Waals surface area (Å²) < 4.78 is 25.9. The summed E-state index contributed by atoms with van der Waals surface area (Å²) in [6.45, 7) is 19.6. The maximum Gasteiger partial charge on any atom is 0.192 e. The quantitative estimate of drug-likeness (QED) is 0.114. The van der Waals surface area contributed by atoms with Crippen molar-refractivity contribution >= 4 is 30.9 Å². The molecule has 2 heterocycles. The minimum absolute atomic E-state index is 0.0486. The molecule has 1 aromatic carbocycles. The molecule has 230 valence electrons. The summed E-state index contributed by atoms with van der Waals surface area (Å²) in [6.07, 6.45) is 7.63. The van der Waals surface area contributed by atoms with Gasteiger partial charge in [-0.15, -0.1) is 0 Å². The minimum atomic E-state index is -1.82. The number of hydrogen-bond donors (Lipinski definition) is 1. The smallest absolute Gasteiger partial charge is 0.192 e. The van der Waals surface area contributed by atoms with Gasteiger partial charge in [-0.05, 0) is 62.2 Å². The van der Waals surface area contributed by atoms with Gasteiger partial charge in [-0.2, -0.15) is 0 Å². The van der Waals surface area contributed by atoms with E-state index in [9.17, 15) is 5.11 Å². The first-order valence-corrected chi connectivity index (χ1v) is 19.9. The summed E-state index contributed by atoms with van der Waals surface area (Å²) in [6, 6.07) is 10.3. The number of alkyl halides is 1. The van der Waals surface area contributed by atoms with Crippen LogP contribution in [0.5, 0.6) is 0 Å². The molecule has 5 nitrogen and oxygen atoms in total. The van der Waals surface area contributed by atoms with E-state index in [1.165, 1.54) is 5.56 Å². The Morgan fingerprint density at radius 1 is 1.00 bits per heavy atom. The molecule has 0 bridgehead atoms. The zero-order valence-corrected chi connectivity index (χ0v) is 29.6. The van der Waals surface area contributed by atoms with Gasteiger partial charge in [0.15, 0.2) is 8.32 Å². The van der Waals surface area contributed by atoms with Gasteiger partial charge < -0.3 is 23.7 Å². The zero-order valence-electron chi connectivity index (χ0n) is 26.4. The molecule has 0 unspecified atom stereocenters. The summed E-state index contributed by atoms with van der Waals surface area (Å²) in [4.78, 5) is 0. The molecule has 40 heavy (non-hydrogen) atoms. The van der Waals surface area contributed by atoms with Crippen LogP contribution in [0, 0.1) is 11.8 Å². The number of benzene rings is 1. The van der Waals surface area contributed by atoms with Crippen molar-refractivity contribution in [3.8, 4) is 0 Å². The van der Waals surface area contributed by atoms with Crippen molar-refractivity contribution in [2.75, 3.05) is 6.61 Å². The van der Waals surface area contributed by atoms with Crippen molar-refractivity contribution < 1.29 is 23.7 Å². The number of ether oxygens (including phenoxy) is 3. The molecule has 2 saturated heterocycles. The van der Waals surface area contributed by atoms with E-state index in [-0.39, 0.29) is 45.4 Å². The molecule has 0 saturated carbocycles. The SMILES string of the molecule is CCC[C@@H](C[C@@H]1CC[C@H]([C@@H](C)[C@H](O)[C@H](I)[C@@H]2CC[C@H]([C@@H](C)COCc3ccccc3)O2)O1)O[Si](C)(C)C(C)(C)C. The van der Waals surface area contributed by atoms with E-state index in [4.69, 9.17) is 18.6 Å². The van der Waals surface area contributed by atoms with E-state index in [0.29, 0.717) is 19.1 Å². The second-order valence-corrected chi connectivity index (χ2v) is 20.2. The molecule has 2 aliphatic heterocycles. The lowest BCUT2D eigenvalue weighted by atomic mass is 9.91. The molecule has 3 rings (SSSR count). The molecular weight excluding hydrogens is 631 g/mol. The Bertz CT molecular complexity index is 862. The number of aliphatic hydroxyl groups excluding tert-OH is 1. The van der Waals surface area contributed by atoms with Gasteiger partial charge in [0.05, 0.1) is 47.7 Å². The second kappa shape index (κ2) is 15.6. The van der Waals surface area contributed by atoms with Crippen molar-refractivity contribution in [3.05, 3.63) is 35.9 Å². The fourth-order valence-electron chi connectivity index (χ4n) is 5.84. The lowest BCUT2D eigenvalue weighted by molar-refractivity contribution is -0.0594. The molecular formula is C33H57IO5Si. The number of hydrogen-bond acceptors (Lipinski definition) is 5. The first-order chi connectivity index (χ1) is 18.8. The maximum absolute atomic E-state index is 11.4. The van der Waals surface area contributed by atoms with Crippen LogP contribution in [0.1, 0.15) is 92.1 Å². The third kappa shape index (κ3) is 9.74. The van der Waals surface area contributed by atoms with Gasteiger partial charge in [0.2, 0.25) is 0 Å². The topological polar surface area (TPSA) is 57.2 Å². The zero-order chi connectivity index (χ0) is 29.5. The Kier molecular flexibility index (Phi) is 13.5. The summed E-state index contributed by atoms with van der Waals surface area (Å²) in [7, 11) is -1.82. The average Bonchev–Trinajstić information content (AvgIpc) is 3.58. The predicted octanol–water partition coefficient (Wildman–Crippen LogP) is 8.32. The molecule has 0 spiro atoms. The predicted molar refractivity (Wildman–Crippen MR) is 176 cm³/mol. The molecule has 1 N–H and O–H groups in total. The number of aliphatic hydroxyl groups is 1. The van der Waals surface area contributed by atoms with E-state index >= 15 is 0 Å². The van der Waals surface area contributed by atoms with Gasteiger partial charge in [0.25, 0.3) is 0 Å².